The number of hydrogen-bond donors (Lipinski definition) is 1. The molecule has 1 atom stereocenters. The lowest BCUT2D eigenvalue weighted by Gasteiger charge is -2.32. The SMILES string of the molecule is CCNC(=O)[C@H](C)N(Cc1ccc(C)cc1)C(=O)CN(c1ccccc1F)S(=O)(=O)N(C)C. The molecule has 2 aromatic carbocycles. The maximum atomic E-state index is 14.5. The van der Waals surface area contributed by atoms with Crippen LogP contribution in [-0.2, 0) is 26.3 Å². The van der Waals surface area contributed by atoms with Crippen LogP contribution in [0.3, 0.4) is 0 Å². The minimum Gasteiger partial charge on any atom is -0.355 e. The molecule has 10 heteroatoms. The summed E-state index contributed by atoms with van der Waals surface area (Å²) >= 11 is 0. The number of carbonyl (C=O) groups excluding carboxylic acids is 2. The monoisotopic (exact) mass is 478 g/mol. The molecule has 0 heterocycles. The zero-order valence-electron chi connectivity index (χ0n) is 19.6. The summed E-state index contributed by atoms with van der Waals surface area (Å²) in [4.78, 5) is 27.3. The van der Waals surface area contributed by atoms with Gasteiger partial charge in [0.2, 0.25) is 11.8 Å². The predicted octanol–water partition coefficient (Wildman–Crippen LogP) is 2.30. The van der Waals surface area contributed by atoms with Crippen LogP contribution in [-0.4, -0.2) is 62.7 Å². The molecule has 2 aromatic rings. The van der Waals surface area contributed by atoms with Crippen LogP contribution in [0.25, 0.3) is 0 Å². The van der Waals surface area contributed by atoms with Gasteiger partial charge in [-0.1, -0.05) is 42.0 Å². The normalized spacial score (nSPS) is 12.3. The number of rotatable bonds is 10. The molecule has 0 fully saturated rings. The van der Waals surface area contributed by atoms with Gasteiger partial charge in [-0.25, -0.2) is 8.70 Å². The van der Waals surface area contributed by atoms with E-state index in [0.29, 0.717) is 6.54 Å². The van der Waals surface area contributed by atoms with E-state index in [-0.39, 0.29) is 18.1 Å². The summed E-state index contributed by atoms with van der Waals surface area (Å²) < 4.78 is 42.1. The molecule has 0 aliphatic rings. The summed E-state index contributed by atoms with van der Waals surface area (Å²) in [7, 11) is -1.60. The van der Waals surface area contributed by atoms with E-state index in [1.165, 1.54) is 37.2 Å². The molecule has 8 nitrogen and oxygen atoms in total. The summed E-state index contributed by atoms with van der Waals surface area (Å²) in [6.45, 7) is 5.07. The molecule has 0 radical (unpaired) electrons. The van der Waals surface area contributed by atoms with Crippen LogP contribution in [0.4, 0.5) is 10.1 Å². The first-order valence-electron chi connectivity index (χ1n) is 10.6. The minimum atomic E-state index is -4.20. The number of nitrogens with one attached hydrogen (secondary N) is 1. The Balaban J connectivity index is 2.45. The predicted molar refractivity (Wildman–Crippen MR) is 126 cm³/mol. The highest BCUT2D eigenvalue weighted by Gasteiger charge is 2.33. The number of carbonyl (C=O) groups is 2. The van der Waals surface area contributed by atoms with E-state index in [9.17, 15) is 22.4 Å². The number of likely N-dealkylation sites (N-methyl/N-ethyl adjacent to an activating group) is 1. The van der Waals surface area contributed by atoms with Gasteiger partial charge in [-0.15, -0.1) is 0 Å². The second-order valence-electron chi connectivity index (χ2n) is 7.83. The van der Waals surface area contributed by atoms with Gasteiger partial charge in [0.15, 0.2) is 0 Å². The van der Waals surface area contributed by atoms with E-state index in [1.807, 2.05) is 31.2 Å². The minimum absolute atomic E-state index is 0.0878. The Labute approximate surface area is 195 Å². The van der Waals surface area contributed by atoms with E-state index in [4.69, 9.17) is 0 Å². The van der Waals surface area contributed by atoms with Crippen molar-refractivity contribution in [3.8, 4) is 0 Å². The van der Waals surface area contributed by atoms with E-state index >= 15 is 0 Å². The van der Waals surface area contributed by atoms with Crippen molar-refractivity contribution in [2.24, 2.45) is 0 Å². The highest BCUT2D eigenvalue weighted by molar-refractivity contribution is 7.90. The average molecular weight is 479 g/mol. The molecule has 0 spiro atoms. The highest BCUT2D eigenvalue weighted by atomic mass is 32.2. The molecule has 1 N–H and O–H groups in total. The number of hydrogen-bond acceptors (Lipinski definition) is 4. The second-order valence-corrected chi connectivity index (χ2v) is 9.89. The van der Waals surface area contributed by atoms with Crippen LogP contribution >= 0.6 is 0 Å². The van der Waals surface area contributed by atoms with Gasteiger partial charge in [-0.2, -0.15) is 12.7 Å². The van der Waals surface area contributed by atoms with Crippen molar-refractivity contribution >= 4 is 27.7 Å². The van der Waals surface area contributed by atoms with Crippen LogP contribution < -0.4 is 9.62 Å². The van der Waals surface area contributed by atoms with Gasteiger partial charge in [0, 0.05) is 27.2 Å². The Morgan fingerprint density at radius 2 is 1.67 bits per heavy atom. The molecule has 0 bridgehead atoms. The average Bonchev–Trinajstić information content (AvgIpc) is 2.77. The Bertz CT molecular complexity index is 1070. The van der Waals surface area contributed by atoms with Gasteiger partial charge in [0.1, 0.15) is 18.4 Å². The third kappa shape index (κ3) is 6.52. The van der Waals surface area contributed by atoms with E-state index in [1.54, 1.807) is 13.8 Å². The van der Waals surface area contributed by atoms with Gasteiger partial charge in [0.25, 0.3) is 0 Å². The number of anilines is 1. The van der Waals surface area contributed by atoms with Crippen molar-refractivity contribution in [1.29, 1.82) is 0 Å². The molecule has 2 rings (SSSR count). The summed E-state index contributed by atoms with van der Waals surface area (Å²) in [6.07, 6.45) is 0. The standard InChI is InChI=1S/C23H31FN4O4S/c1-6-25-23(30)18(3)27(15-19-13-11-17(2)12-14-19)22(29)16-28(33(31,32)26(4)5)21-10-8-7-9-20(21)24/h7-14,18H,6,15-16H2,1-5H3,(H,25,30)/t18-/m0/s1. The molecule has 2 amide bonds. The van der Waals surface area contributed by atoms with Crippen LogP contribution in [0.1, 0.15) is 25.0 Å². The lowest BCUT2D eigenvalue weighted by molar-refractivity contribution is -0.139. The Morgan fingerprint density at radius 3 is 2.21 bits per heavy atom. The molecular weight excluding hydrogens is 447 g/mol. The zero-order valence-corrected chi connectivity index (χ0v) is 20.4. The number of halogens is 1. The fraction of sp³-hybridized carbons (Fsp3) is 0.391. The quantitative estimate of drug-likeness (QED) is 0.568. The molecule has 0 saturated heterocycles. The first-order chi connectivity index (χ1) is 15.5. The molecule has 0 unspecified atom stereocenters. The van der Waals surface area contributed by atoms with Crippen molar-refractivity contribution in [2.45, 2.75) is 33.4 Å². The van der Waals surface area contributed by atoms with Crippen molar-refractivity contribution in [3.63, 3.8) is 0 Å². The Kier molecular flexibility index (Phi) is 8.95. The largest absolute Gasteiger partial charge is 0.355 e. The molecule has 0 aromatic heterocycles. The van der Waals surface area contributed by atoms with Gasteiger partial charge in [-0.05, 0) is 38.5 Å². The summed E-state index contributed by atoms with van der Waals surface area (Å²) in [6, 6.07) is 11.9. The smallest absolute Gasteiger partial charge is 0.304 e. The highest BCUT2D eigenvalue weighted by Crippen LogP contribution is 2.23. The van der Waals surface area contributed by atoms with Crippen LogP contribution in [0.5, 0.6) is 0 Å². The molecule has 180 valence electrons. The second kappa shape index (κ2) is 11.2. The number of para-hydroxylation sites is 1. The topological polar surface area (TPSA) is 90.0 Å². The summed E-state index contributed by atoms with van der Waals surface area (Å²) in [5, 5.41) is 2.69. The number of aryl methyl sites for hydroxylation is 1. The summed E-state index contributed by atoms with van der Waals surface area (Å²) in [5.41, 5.74) is 1.56. The van der Waals surface area contributed by atoms with E-state index in [0.717, 1.165) is 25.8 Å². The fourth-order valence-electron chi connectivity index (χ4n) is 3.15. The molecule has 0 aliphatic heterocycles. The molecule has 0 saturated carbocycles. The molecular formula is C23H31FN4O4S. The maximum absolute atomic E-state index is 14.5. The third-order valence-corrected chi connectivity index (χ3v) is 6.94. The van der Waals surface area contributed by atoms with Crippen molar-refractivity contribution < 1.29 is 22.4 Å². The van der Waals surface area contributed by atoms with Crippen molar-refractivity contribution in [1.82, 2.24) is 14.5 Å². The summed E-state index contributed by atoms with van der Waals surface area (Å²) in [5.74, 6) is -1.79. The number of amides is 2. The zero-order chi connectivity index (χ0) is 24.8. The van der Waals surface area contributed by atoms with Crippen molar-refractivity contribution in [2.75, 3.05) is 31.5 Å². The van der Waals surface area contributed by atoms with E-state index in [2.05, 4.69) is 5.32 Å². The van der Waals surface area contributed by atoms with Crippen LogP contribution in [0.2, 0.25) is 0 Å². The first kappa shape index (κ1) is 26.3. The third-order valence-electron chi connectivity index (χ3n) is 5.13. The number of nitrogens with zero attached hydrogens (tertiary/aromatic N) is 3. The first-order valence-corrected chi connectivity index (χ1v) is 12.0. The fourth-order valence-corrected chi connectivity index (χ4v) is 4.22. The Morgan fingerprint density at radius 1 is 1.06 bits per heavy atom. The molecule has 33 heavy (non-hydrogen) atoms. The van der Waals surface area contributed by atoms with E-state index < -0.39 is 34.5 Å². The van der Waals surface area contributed by atoms with Crippen LogP contribution in [0.15, 0.2) is 48.5 Å². The van der Waals surface area contributed by atoms with Gasteiger partial charge < -0.3 is 10.2 Å². The van der Waals surface area contributed by atoms with Crippen molar-refractivity contribution in [3.05, 3.63) is 65.5 Å². The van der Waals surface area contributed by atoms with Crippen LogP contribution in [0, 0.1) is 12.7 Å². The van der Waals surface area contributed by atoms with Gasteiger partial charge >= 0.3 is 10.2 Å². The number of benzene rings is 2. The molecule has 0 aliphatic carbocycles. The Hall–Kier alpha value is -2.98. The maximum Gasteiger partial charge on any atom is 0.304 e. The lowest BCUT2D eigenvalue weighted by Crippen LogP contribution is -2.52. The van der Waals surface area contributed by atoms with Gasteiger partial charge in [0.05, 0.1) is 5.69 Å². The van der Waals surface area contributed by atoms with Gasteiger partial charge in [-0.3, -0.25) is 9.59 Å². The lowest BCUT2D eigenvalue weighted by atomic mass is 10.1.